The summed E-state index contributed by atoms with van der Waals surface area (Å²) >= 11 is 0. The maximum absolute atomic E-state index is 14.4. The lowest BCUT2D eigenvalue weighted by atomic mass is 9.70. The van der Waals surface area contributed by atoms with Gasteiger partial charge in [-0.1, -0.05) is 24.8 Å². The fraction of sp³-hybridized carbons (Fsp3) is 0.500. The topological polar surface area (TPSA) is 9.23 Å². The molecular weight excluding hydrogens is 342 g/mol. The van der Waals surface area contributed by atoms with E-state index in [-0.39, 0.29) is 5.75 Å². The molecule has 0 saturated heterocycles. The normalized spacial score (nSPS) is 26.0. The quantitative estimate of drug-likeness (QED) is 0.372. The Kier molecular flexibility index (Phi) is 6.87. The second-order valence-electron chi connectivity index (χ2n) is 7.87. The third kappa shape index (κ3) is 4.69. The summed E-state index contributed by atoms with van der Waals surface area (Å²) in [7, 11) is 0. The van der Waals surface area contributed by atoms with Gasteiger partial charge in [-0.05, 0) is 93.7 Å². The molecule has 2 aliphatic carbocycles. The highest BCUT2D eigenvalue weighted by Crippen LogP contribution is 2.42. The van der Waals surface area contributed by atoms with E-state index in [4.69, 9.17) is 4.74 Å². The maximum Gasteiger partial charge on any atom is 0.201 e. The molecule has 1 aromatic rings. The SMILES string of the molecule is C=COc1ccc(C2=CCC(C3CCC(CC=CC)CC3)CC2)c(F)c1F. The van der Waals surface area contributed by atoms with Gasteiger partial charge in [-0.15, -0.1) is 0 Å². The van der Waals surface area contributed by atoms with Gasteiger partial charge in [0.15, 0.2) is 11.6 Å². The van der Waals surface area contributed by atoms with E-state index in [2.05, 4.69) is 31.7 Å². The van der Waals surface area contributed by atoms with Crippen molar-refractivity contribution in [3.63, 3.8) is 0 Å². The zero-order valence-corrected chi connectivity index (χ0v) is 16.2. The Morgan fingerprint density at radius 2 is 1.85 bits per heavy atom. The van der Waals surface area contributed by atoms with E-state index in [1.165, 1.54) is 38.2 Å². The molecule has 1 aromatic carbocycles. The van der Waals surface area contributed by atoms with Crippen LogP contribution >= 0.6 is 0 Å². The minimum absolute atomic E-state index is 0.116. The van der Waals surface area contributed by atoms with E-state index in [0.717, 1.165) is 42.9 Å². The van der Waals surface area contributed by atoms with Crippen LogP contribution in [0, 0.1) is 29.4 Å². The van der Waals surface area contributed by atoms with Crippen LogP contribution in [0.4, 0.5) is 8.78 Å². The summed E-state index contributed by atoms with van der Waals surface area (Å²) in [6, 6.07) is 3.10. The predicted molar refractivity (Wildman–Crippen MR) is 107 cm³/mol. The van der Waals surface area contributed by atoms with Gasteiger partial charge in [-0.3, -0.25) is 0 Å². The Morgan fingerprint density at radius 3 is 2.48 bits per heavy atom. The van der Waals surface area contributed by atoms with Gasteiger partial charge in [0, 0.05) is 5.56 Å². The van der Waals surface area contributed by atoms with Gasteiger partial charge in [0.25, 0.3) is 0 Å². The molecule has 0 aromatic heterocycles. The lowest BCUT2D eigenvalue weighted by Crippen LogP contribution is -2.23. The standard InChI is InChI=1S/C24H30F2O/c1-3-5-6-17-7-9-18(10-8-17)19-11-13-20(14-12-19)21-15-16-22(27-4-2)24(26)23(21)25/h3-5,13,15-19H,2,6-12,14H2,1H3. The van der Waals surface area contributed by atoms with Gasteiger partial charge in [-0.25, -0.2) is 4.39 Å². The van der Waals surface area contributed by atoms with Crippen molar-refractivity contribution in [3.8, 4) is 5.75 Å². The first-order valence-corrected chi connectivity index (χ1v) is 10.2. The van der Waals surface area contributed by atoms with Gasteiger partial charge < -0.3 is 4.74 Å². The Bertz CT molecular complexity index is 711. The summed E-state index contributed by atoms with van der Waals surface area (Å²) in [5.74, 6) is 0.455. The molecule has 0 aliphatic heterocycles. The largest absolute Gasteiger partial charge is 0.462 e. The molecule has 0 bridgehead atoms. The number of hydrogen-bond acceptors (Lipinski definition) is 1. The van der Waals surface area contributed by atoms with E-state index in [1.807, 2.05) is 0 Å². The van der Waals surface area contributed by atoms with Crippen molar-refractivity contribution >= 4 is 5.57 Å². The molecule has 1 fully saturated rings. The summed E-state index contributed by atoms with van der Waals surface area (Å²) in [6.45, 7) is 5.47. The van der Waals surface area contributed by atoms with E-state index >= 15 is 0 Å². The number of halogens is 2. The average molecular weight is 372 g/mol. The van der Waals surface area contributed by atoms with Gasteiger partial charge in [0.05, 0.1) is 6.26 Å². The molecule has 1 unspecified atom stereocenters. The first-order chi connectivity index (χ1) is 13.1. The fourth-order valence-corrected chi connectivity index (χ4v) is 4.71. The molecule has 1 saturated carbocycles. The molecule has 0 spiro atoms. The molecule has 146 valence electrons. The van der Waals surface area contributed by atoms with E-state index in [1.54, 1.807) is 6.07 Å². The van der Waals surface area contributed by atoms with Crippen LogP contribution in [0.1, 0.15) is 63.9 Å². The maximum atomic E-state index is 14.4. The van der Waals surface area contributed by atoms with Gasteiger partial charge in [-0.2, -0.15) is 4.39 Å². The first-order valence-electron chi connectivity index (χ1n) is 10.2. The Hall–Kier alpha value is -1.90. The van der Waals surface area contributed by atoms with Crippen LogP contribution in [0.25, 0.3) is 5.57 Å². The molecule has 0 N–H and O–H groups in total. The zero-order valence-electron chi connectivity index (χ0n) is 16.2. The number of rotatable bonds is 6. The summed E-state index contributed by atoms with van der Waals surface area (Å²) in [4.78, 5) is 0. The van der Waals surface area contributed by atoms with E-state index in [9.17, 15) is 8.78 Å². The number of ether oxygens (including phenoxy) is 1. The smallest absolute Gasteiger partial charge is 0.201 e. The Labute approximate surface area is 161 Å². The molecule has 0 radical (unpaired) electrons. The Balaban J connectivity index is 1.61. The number of benzene rings is 1. The summed E-state index contributed by atoms with van der Waals surface area (Å²) in [5, 5.41) is 0. The van der Waals surface area contributed by atoms with Gasteiger partial charge in [0.2, 0.25) is 5.82 Å². The molecule has 1 atom stereocenters. The first kappa shape index (κ1) is 19.9. The van der Waals surface area contributed by atoms with Crippen LogP contribution in [-0.2, 0) is 0 Å². The highest BCUT2D eigenvalue weighted by molar-refractivity contribution is 5.67. The molecule has 2 aliphatic rings. The highest BCUT2D eigenvalue weighted by Gasteiger charge is 2.29. The van der Waals surface area contributed by atoms with Gasteiger partial charge in [0.1, 0.15) is 0 Å². The molecule has 3 rings (SSSR count). The van der Waals surface area contributed by atoms with Crippen molar-refractivity contribution in [2.75, 3.05) is 0 Å². The molecular formula is C24H30F2O. The van der Waals surface area contributed by atoms with Crippen LogP contribution in [0.15, 0.2) is 43.2 Å². The average Bonchev–Trinajstić information content (AvgIpc) is 2.71. The van der Waals surface area contributed by atoms with Crippen molar-refractivity contribution in [2.45, 2.75) is 58.3 Å². The van der Waals surface area contributed by atoms with Crippen molar-refractivity contribution in [1.29, 1.82) is 0 Å². The van der Waals surface area contributed by atoms with Crippen molar-refractivity contribution in [2.24, 2.45) is 17.8 Å². The van der Waals surface area contributed by atoms with Crippen LogP contribution in [0.5, 0.6) is 5.75 Å². The van der Waals surface area contributed by atoms with E-state index < -0.39 is 11.6 Å². The lowest BCUT2D eigenvalue weighted by Gasteiger charge is -2.35. The zero-order chi connectivity index (χ0) is 19.2. The second-order valence-corrected chi connectivity index (χ2v) is 7.87. The fourth-order valence-electron chi connectivity index (χ4n) is 4.71. The van der Waals surface area contributed by atoms with Crippen LogP contribution < -0.4 is 4.74 Å². The third-order valence-corrected chi connectivity index (χ3v) is 6.32. The molecule has 3 heteroatoms. The van der Waals surface area contributed by atoms with Crippen LogP contribution in [0.2, 0.25) is 0 Å². The molecule has 0 amide bonds. The van der Waals surface area contributed by atoms with Crippen LogP contribution in [0.3, 0.4) is 0 Å². The van der Waals surface area contributed by atoms with Crippen molar-refractivity contribution in [3.05, 3.63) is 60.4 Å². The molecule has 27 heavy (non-hydrogen) atoms. The lowest BCUT2D eigenvalue weighted by molar-refractivity contribution is 0.195. The summed E-state index contributed by atoms with van der Waals surface area (Å²) in [5.41, 5.74) is 1.30. The Morgan fingerprint density at radius 1 is 1.07 bits per heavy atom. The van der Waals surface area contributed by atoms with Gasteiger partial charge >= 0.3 is 0 Å². The molecule has 1 nitrogen and oxygen atoms in total. The van der Waals surface area contributed by atoms with Crippen molar-refractivity contribution in [1.82, 2.24) is 0 Å². The van der Waals surface area contributed by atoms with Crippen molar-refractivity contribution < 1.29 is 13.5 Å². The van der Waals surface area contributed by atoms with E-state index in [0.29, 0.717) is 11.5 Å². The summed E-state index contributed by atoms with van der Waals surface area (Å²) in [6.07, 6.45) is 17.0. The highest BCUT2D eigenvalue weighted by atomic mass is 19.2. The summed E-state index contributed by atoms with van der Waals surface area (Å²) < 4.78 is 33.5. The van der Waals surface area contributed by atoms with Crippen LogP contribution in [-0.4, -0.2) is 0 Å². The number of hydrogen-bond donors (Lipinski definition) is 0. The molecule has 0 heterocycles. The minimum atomic E-state index is -0.935. The monoisotopic (exact) mass is 372 g/mol. The third-order valence-electron chi connectivity index (χ3n) is 6.32. The second kappa shape index (κ2) is 9.34. The minimum Gasteiger partial charge on any atom is -0.462 e. The number of allylic oxidation sites excluding steroid dienone is 4. The predicted octanol–water partition coefficient (Wildman–Crippen LogP) is 7.44.